The molecule has 0 aliphatic rings. The van der Waals surface area contributed by atoms with Gasteiger partial charge in [0.1, 0.15) is 11.6 Å². The highest BCUT2D eigenvalue weighted by Crippen LogP contribution is 2.30. The van der Waals surface area contributed by atoms with Crippen molar-refractivity contribution in [1.29, 1.82) is 0 Å². The van der Waals surface area contributed by atoms with Crippen LogP contribution < -0.4 is 5.73 Å². The van der Waals surface area contributed by atoms with Gasteiger partial charge in [-0.1, -0.05) is 18.2 Å². The number of halogens is 3. The summed E-state index contributed by atoms with van der Waals surface area (Å²) in [6.45, 7) is 0.166. The van der Waals surface area contributed by atoms with Gasteiger partial charge in [-0.3, -0.25) is 0 Å². The van der Waals surface area contributed by atoms with Crippen molar-refractivity contribution in [2.24, 2.45) is 5.73 Å². The van der Waals surface area contributed by atoms with Gasteiger partial charge >= 0.3 is 0 Å². The third-order valence-corrected chi connectivity index (χ3v) is 3.14. The second kappa shape index (κ2) is 4.94. The lowest BCUT2D eigenvalue weighted by Crippen LogP contribution is -2.00. The van der Waals surface area contributed by atoms with Crippen LogP contribution in [0.25, 0.3) is 11.1 Å². The third-order valence-electron chi connectivity index (χ3n) is 2.53. The van der Waals surface area contributed by atoms with E-state index in [1.54, 1.807) is 24.3 Å². The van der Waals surface area contributed by atoms with E-state index in [4.69, 9.17) is 5.73 Å². The molecule has 2 rings (SSSR count). The Hall–Kier alpha value is -1.26. The summed E-state index contributed by atoms with van der Waals surface area (Å²) in [4.78, 5) is 0. The molecule has 0 heterocycles. The third kappa shape index (κ3) is 2.37. The quantitative estimate of drug-likeness (QED) is 0.895. The Morgan fingerprint density at radius 2 is 1.82 bits per heavy atom. The van der Waals surface area contributed by atoms with Crippen molar-refractivity contribution in [3.63, 3.8) is 0 Å². The summed E-state index contributed by atoms with van der Waals surface area (Å²) in [5.41, 5.74) is 7.16. The molecular formula is C13H10BrF2N. The van der Waals surface area contributed by atoms with Crippen molar-refractivity contribution >= 4 is 15.9 Å². The summed E-state index contributed by atoms with van der Waals surface area (Å²) in [7, 11) is 0. The van der Waals surface area contributed by atoms with E-state index in [2.05, 4.69) is 15.9 Å². The Bertz CT molecular complexity index is 555. The first-order chi connectivity index (χ1) is 8.13. The van der Waals surface area contributed by atoms with Crippen LogP contribution in [-0.4, -0.2) is 0 Å². The second-order valence-corrected chi connectivity index (χ2v) is 4.46. The Morgan fingerprint density at radius 3 is 2.53 bits per heavy atom. The summed E-state index contributed by atoms with van der Waals surface area (Å²) in [6, 6.07) is 9.16. The molecule has 0 spiro atoms. The van der Waals surface area contributed by atoms with E-state index < -0.39 is 0 Å². The SMILES string of the molecule is NCc1cc(F)ccc1-c1cccc(Br)c1F. The van der Waals surface area contributed by atoms with Crippen LogP contribution in [0, 0.1) is 11.6 Å². The minimum Gasteiger partial charge on any atom is -0.326 e. The van der Waals surface area contributed by atoms with Crippen LogP contribution >= 0.6 is 15.9 Å². The molecule has 0 saturated heterocycles. The van der Waals surface area contributed by atoms with Crippen LogP contribution in [0.2, 0.25) is 0 Å². The van der Waals surface area contributed by atoms with Crippen molar-refractivity contribution in [2.45, 2.75) is 6.54 Å². The molecule has 0 bridgehead atoms. The average Bonchev–Trinajstić information content (AvgIpc) is 2.33. The first kappa shape index (κ1) is 12.2. The van der Waals surface area contributed by atoms with Crippen LogP contribution in [0.1, 0.15) is 5.56 Å². The topological polar surface area (TPSA) is 26.0 Å². The van der Waals surface area contributed by atoms with Crippen LogP contribution in [0.4, 0.5) is 8.78 Å². The second-order valence-electron chi connectivity index (χ2n) is 3.61. The molecule has 0 fully saturated rings. The summed E-state index contributed by atoms with van der Waals surface area (Å²) in [6.07, 6.45) is 0. The van der Waals surface area contributed by atoms with E-state index in [1.165, 1.54) is 12.1 Å². The number of hydrogen-bond acceptors (Lipinski definition) is 1. The average molecular weight is 298 g/mol. The van der Waals surface area contributed by atoms with Crippen molar-refractivity contribution in [3.05, 3.63) is 58.1 Å². The molecule has 4 heteroatoms. The maximum Gasteiger partial charge on any atom is 0.145 e. The predicted molar refractivity (Wildman–Crippen MR) is 67.4 cm³/mol. The van der Waals surface area contributed by atoms with Gasteiger partial charge in [-0.25, -0.2) is 8.78 Å². The van der Waals surface area contributed by atoms with Crippen LogP contribution in [0.5, 0.6) is 0 Å². The van der Waals surface area contributed by atoms with Gasteiger partial charge in [-0.15, -0.1) is 0 Å². The van der Waals surface area contributed by atoms with Gasteiger partial charge in [0.15, 0.2) is 0 Å². The molecule has 0 radical (unpaired) electrons. The fraction of sp³-hybridized carbons (Fsp3) is 0.0769. The Kier molecular flexibility index (Phi) is 3.54. The molecule has 88 valence electrons. The number of nitrogens with two attached hydrogens (primary N) is 1. The minimum absolute atomic E-state index is 0.166. The molecule has 0 aliphatic heterocycles. The van der Waals surface area contributed by atoms with E-state index in [0.717, 1.165) is 0 Å². The normalized spacial score (nSPS) is 10.6. The summed E-state index contributed by atoms with van der Waals surface area (Å²) in [5, 5.41) is 0. The molecule has 2 N–H and O–H groups in total. The molecule has 1 nitrogen and oxygen atoms in total. The highest BCUT2D eigenvalue weighted by molar-refractivity contribution is 9.10. The molecule has 0 unspecified atom stereocenters. The molecule has 0 aromatic heterocycles. The largest absolute Gasteiger partial charge is 0.326 e. The van der Waals surface area contributed by atoms with Gasteiger partial charge in [-0.2, -0.15) is 0 Å². The fourth-order valence-electron chi connectivity index (χ4n) is 1.71. The molecule has 2 aromatic rings. The zero-order chi connectivity index (χ0) is 12.4. The van der Waals surface area contributed by atoms with Gasteiger partial charge < -0.3 is 5.73 Å². The Morgan fingerprint density at radius 1 is 1.06 bits per heavy atom. The molecule has 2 aromatic carbocycles. The molecule has 17 heavy (non-hydrogen) atoms. The van der Waals surface area contributed by atoms with Crippen LogP contribution in [0.15, 0.2) is 40.9 Å². The summed E-state index contributed by atoms with van der Waals surface area (Å²) in [5.74, 6) is -0.738. The Balaban J connectivity index is 2.64. The van der Waals surface area contributed by atoms with E-state index in [-0.39, 0.29) is 18.2 Å². The standard InChI is InChI=1S/C13H10BrF2N/c14-12-3-1-2-11(13(12)16)10-5-4-9(15)6-8(10)7-17/h1-6H,7,17H2. The van der Waals surface area contributed by atoms with E-state index in [0.29, 0.717) is 21.2 Å². The highest BCUT2D eigenvalue weighted by atomic mass is 79.9. The monoisotopic (exact) mass is 297 g/mol. The molecule has 0 aliphatic carbocycles. The first-order valence-electron chi connectivity index (χ1n) is 5.06. The molecule has 0 saturated carbocycles. The van der Waals surface area contributed by atoms with Crippen LogP contribution in [-0.2, 0) is 6.54 Å². The van der Waals surface area contributed by atoms with Gasteiger partial charge in [0.05, 0.1) is 4.47 Å². The lowest BCUT2D eigenvalue weighted by molar-refractivity contribution is 0.620. The fourth-order valence-corrected chi connectivity index (χ4v) is 2.07. The van der Waals surface area contributed by atoms with Crippen molar-refractivity contribution in [3.8, 4) is 11.1 Å². The zero-order valence-corrected chi connectivity index (χ0v) is 10.5. The minimum atomic E-state index is -0.371. The van der Waals surface area contributed by atoms with E-state index >= 15 is 0 Å². The van der Waals surface area contributed by atoms with Crippen molar-refractivity contribution in [1.82, 2.24) is 0 Å². The first-order valence-corrected chi connectivity index (χ1v) is 5.85. The maximum absolute atomic E-state index is 13.9. The molecule has 0 amide bonds. The Labute approximate surface area is 106 Å². The summed E-state index contributed by atoms with van der Waals surface area (Å²) < 4.78 is 27.4. The lowest BCUT2D eigenvalue weighted by Gasteiger charge is -2.10. The number of hydrogen-bond donors (Lipinski definition) is 1. The summed E-state index contributed by atoms with van der Waals surface area (Å²) >= 11 is 3.12. The molecule has 0 atom stereocenters. The predicted octanol–water partition coefficient (Wildman–Crippen LogP) is 3.85. The number of benzene rings is 2. The van der Waals surface area contributed by atoms with Crippen molar-refractivity contribution < 1.29 is 8.78 Å². The van der Waals surface area contributed by atoms with Gasteiger partial charge in [0, 0.05) is 12.1 Å². The number of rotatable bonds is 2. The van der Waals surface area contributed by atoms with E-state index in [9.17, 15) is 8.78 Å². The van der Waals surface area contributed by atoms with Gasteiger partial charge in [0.25, 0.3) is 0 Å². The zero-order valence-electron chi connectivity index (χ0n) is 8.88. The smallest absolute Gasteiger partial charge is 0.145 e. The van der Waals surface area contributed by atoms with Crippen molar-refractivity contribution in [2.75, 3.05) is 0 Å². The lowest BCUT2D eigenvalue weighted by atomic mass is 9.99. The van der Waals surface area contributed by atoms with Gasteiger partial charge in [-0.05, 0) is 45.3 Å². The van der Waals surface area contributed by atoms with Gasteiger partial charge in [0.2, 0.25) is 0 Å². The molecular weight excluding hydrogens is 288 g/mol. The van der Waals surface area contributed by atoms with E-state index in [1.807, 2.05) is 0 Å². The maximum atomic E-state index is 13.9. The van der Waals surface area contributed by atoms with Crippen LogP contribution in [0.3, 0.4) is 0 Å². The highest BCUT2D eigenvalue weighted by Gasteiger charge is 2.11.